The normalized spacial score (nSPS) is 17.4. The third kappa shape index (κ3) is 4.42. The van der Waals surface area contributed by atoms with Crippen molar-refractivity contribution in [3.8, 4) is 5.75 Å². The zero-order chi connectivity index (χ0) is 20.2. The smallest absolute Gasteiger partial charge is 0.272 e. The van der Waals surface area contributed by atoms with Gasteiger partial charge in [0.25, 0.3) is 5.91 Å². The van der Waals surface area contributed by atoms with E-state index in [1.165, 1.54) is 5.69 Å². The van der Waals surface area contributed by atoms with E-state index >= 15 is 0 Å². The van der Waals surface area contributed by atoms with Gasteiger partial charge in [-0.25, -0.2) is 9.97 Å². The Morgan fingerprint density at radius 3 is 2.28 bits per heavy atom. The third-order valence-electron chi connectivity index (χ3n) is 5.38. The van der Waals surface area contributed by atoms with Crippen molar-refractivity contribution in [1.82, 2.24) is 14.9 Å². The maximum absolute atomic E-state index is 12.8. The van der Waals surface area contributed by atoms with Crippen molar-refractivity contribution in [2.45, 2.75) is 6.92 Å². The average molecular weight is 397 g/mol. The number of methoxy groups -OCH3 is 1. The zero-order valence-corrected chi connectivity index (χ0v) is 17.0. The van der Waals surface area contributed by atoms with Gasteiger partial charge in [0.1, 0.15) is 23.1 Å². The molecule has 1 aromatic heterocycles. The number of amides is 1. The Morgan fingerprint density at radius 2 is 1.62 bits per heavy atom. The number of benzene rings is 1. The lowest BCUT2D eigenvalue weighted by molar-refractivity contribution is 0.0299. The summed E-state index contributed by atoms with van der Waals surface area (Å²) in [5.41, 5.74) is 1.65. The highest BCUT2D eigenvalue weighted by atomic mass is 16.5. The Morgan fingerprint density at radius 1 is 0.966 bits per heavy atom. The summed E-state index contributed by atoms with van der Waals surface area (Å²) in [4.78, 5) is 28.2. The predicted molar refractivity (Wildman–Crippen MR) is 111 cm³/mol. The van der Waals surface area contributed by atoms with Crippen molar-refractivity contribution in [3.63, 3.8) is 0 Å². The number of nitrogens with zero attached hydrogens (tertiary/aromatic N) is 5. The highest BCUT2D eigenvalue weighted by Gasteiger charge is 2.23. The van der Waals surface area contributed by atoms with E-state index in [0.717, 1.165) is 37.7 Å². The minimum atomic E-state index is -0.0445. The van der Waals surface area contributed by atoms with Crippen LogP contribution in [0.4, 0.5) is 11.5 Å². The van der Waals surface area contributed by atoms with Crippen molar-refractivity contribution in [2.75, 3.05) is 69.4 Å². The number of carbonyl (C=O) groups excluding carboxylic acids is 1. The van der Waals surface area contributed by atoms with Gasteiger partial charge in [0.15, 0.2) is 0 Å². The van der Waals surface area contributed by atoms with Gasteiger partial charge in [-0.1, -0.05) is 0 Å². The molecule has 1 amide bonds. The molecule has 1 aromatic carbocycles. The summed E-state index contributed by atoms with van der Waals surface area (Å²) in [5, 5.41) is 0. The second-order valence-corrected chi connectivity index (χ2v) is 7.24. The molecular formula is C21H27N5O3. The van der Waals surface area contributed by atoms with Crippen LogP contribution < -0.4 is 14.5 Å². The van der Waals surface area contributed by atoms with Crippen LogP contribution in [0.25, 0.3) is 0 Å². The van der Waals surface area contributed by atoms with Crippen molar-refractivity contribution < 1.29 is 14.3 Å². The fourth-order valence-corrected chi connectivity index (χ4v) is 3.74. The van der Waals surface area contributed by atoms with E-state index < -0.39 is 0 Å². The first-order chi connectivity index (χ1) is 14.1. The molecular weight excluding hydrogens is 370 g/mol. The number of piperazine rings is 1. The highest BCUT2D eigenvalue weighted by molar-refractivity contribution is 5.93. The molecule has 8 nitrogen and oxygen atoms in total. The number of aromatic nitrogens is 2. The predicted octanol–water partition coefficient (Wildman–Crippen LogP) is 1.59. The molecule has 2 aliphatic rings. The SMILES string of the molecule is COc1ccc(N2CCN(c3cc(C(=O)N4CCOCC4)nc(C)n3)CC2)cc1. The molecule has 0 spiro atoms. The maximum atomic E-state index is 12.8. The lowest BCUT2D eigenvalue weighted by Crippen LogP contribution is -2.47. The van der Waals surface area contributed by atoms with E-state index in [4.69, 9.17) is 9.47 Å². The first-order valence-electron chi connectivity index (χ1n) is 10.0. The first kappa shape index (κ1) is 19.4. The van der Waals surface area contributed by atoms with Crippen LogP contribution in [0.1, 0.15) is 16.3 Å². The van der Waals surface area contributed by atoms with E-state index in [1.54, 1.807) is 12.0 Å². The summed E-state index contributed by atoms with van der Waals surface area (Å²) < 4.78 is 10.6. The van der Waals surface area contributed by atoms with Crippen LogP contribution in [0.2, 0.25) is 0 Å². The second-order valence-electron chi connectivity index (χ2n) is 7.24. The van der Waals surface area contributed by atoms with Gasteiger partial charge in [0.05, 0.1) is 20.3 Å². The number of rotatable bonds is 4. The van der Waals surface area contributed by atoms with Crippen LogP contribution in [0, 0.1) is 6.92 Å². The Kier molecular flexibility index (Phi) is 5.80. The van der Waals surface area contributed by atoms with Crippen LogP contribution in [-0.2, 0) is 4.74 Å². The minimum absolute atomic E-state index is 0.0445. The van der Waals surface area contributed by atoms with E-state index in [0.29, 0.717) is 37.8 Å². The zero-order valence-electron chi connectivity index (χ0n) is 17.0. The molecule has 0 radical (unpaired) electrons. The van der Waals surface area contributed by atoms with Gasteiger partial charge in [-0.05, 0) is 31.2 Å². The molecule has 0 bridgehead atoms. The van der Waals surface area contributed by atoms with Gasteiger partial charge in [-0.15, -0.1) is 0 Å². The van der Waals surface area contributed by atoms with Crippen molar-refractivity contribution >= 4 is 17.4 Å². The molecule has 0 atom stereocenters. The molecule has 154 valence electrons. The fourth-order valence-electron chi connectivity index (χ4n) is 3.74. The number of morpholine rings is 1. The van der Waals surface area contributed by atoms with Gasteiger partial charge in [-0.2, -0.15) is 0 Å². The van der Waals surface area contributed by atoms with E-state index in [1.807, 2.05) is 25.1 Å². The molecule has 0 aliphatic carbocycles. The van der Waals surface area contributed by atoms with Gasteiger partial charge in [0.2, 0.25) is 0 Å². The second kappa shape index (κ2) is 8.65. The summed E-state index contributed by atoms with van der Waals surface area (Å²) in [7, 11) is 1.68. The third-order valence-corrected chi connectivity index (χ3v) is 5.38. The van der Waals surface area contributed by atoms with Gasteiger partial charge in [-0.3, -0.25) is 4.79 Å². The number of aryl methyl sites for hydroxylation is 1. The molecule has 4 rings (SSSR count). The Labute approximate surface area is 171 Å². The highest BCUT2D eigenvalue weighted by Crippen LogP contribution is 2.22. The molecule has 29 heavy (non-hydrogen) atoms. The number of carbonyl (C=O) groups is 1. The van der Waals surface area contributed by atoms with Crippen LogP contribution >= 0.6 is 0 Å². The quantitative estimate of drug-likeness (QED) is 0.776. The topological polar surface area (TPSA) is 71.0 Å². The summed E-state index contributed by atoms with van der Waals surface area (Å²) in [5.74, 6) is 2.26. The van der Waals surface area contributed by atoms with Gasteiger partial charge < -0.3 is 24.2 Å². The molecule has 3 heterocycles. The van der Waals surface area contributed by atoms with E-state index in [9.17, 15) is 4.79 Å². The lowest BCUT2D eigenvalue weighted by Gasteiger charge is -2.37. The largest absolute Gasteiger partial charge is 0.497 e. The van der Waals surface area contributed by atoms with E-state index in [2.05, 4.69) is 31.9 Å². The van der Waals surface area contributed by atoms with Gasteiger partial charge >= 0.3 is 0 Å². The van der Waals surface area contributed by atoms with Crippen LogP contribution in [-0.4, -0.2) is 80.4 Å². The standard InChI is InChI=1S/C21H27N5O3/c1-16-22-19(21(27)26-11-13-29-14-12-26)15-20(23-16)25-9-7-24(8-10-25)17-3-5-18(28-2)6-4-17/h3-6,15H,7-14H2,1-2H3. The number of hydrogen-bond donors (Lipinski definition) is 0. The molecule has 2 fully saturated rings. The summed E-state index contributed by atoms with van der Waals surface area (Å²) >= 11 is 0. The molecule has 8 heteroatoms. The lowest BCUT2D eigenvalue weighted by atomic mass is 10.2. The van der Waals surface area contributed by atoms with Crippen LogP contribution in [0.3, 0.4) is 0 Å². The number of anilines is 2. The maximum Gasteiger partial charge on any atom is 0.272 e. The van der Waals surface area contributed by atoms with Crippen molar-refractivity contribution in [1.29, 1.82) is 0 Å². The Balaban J connectivity index is 1.43. The Hall–Kier alpha value is -2.87. The average Bonchev–Trinajstić information content (AvgIpc) is 2.79. The fraction of sp³-hybridized carbons (Fsp3) is 0.476. The van der Waals surface area contributed by atoms with E-state index in [-0.39, 0.29) is 5.91 Å². The molecule has 0 unspecified atom stereocenters. The van der Waals surface area contributed by atoms with Crippen LogP contribution in [0.15, 0.2) is 30.3 Å². The summed E-state index contributed by atoms with van der Waals surface area (Å²) in [6.07, 6.45) is 0. The van der Waals surface area contributed by atoms with Crippen molar-refractivity contribution in [3.05, 3.63) is 41.9 Å². The van der Waals surface area contributed by atoms with Crippen LogP contribution in [0.5, 0.6) is 5.75 Å². The monoisotopic (exact) mass is 397 g/mol. The van der Waals surface area contributed by atoms with Crippen molar-refractivity contribution in [2.24, 2.45) is 0 Å². The van der Waals surface area contributed by atoms with Gasteiger partial charge in [0, 0.05) is 51.0 Å². The number of hydrogen-bond acceptors (Lipinski definition) is 7. The molecule has 2 aliphatic heterocycles. The Bertz CT molecular complexity index is 844. The molecule has 0 N–H and O–H groups in total. The number of ether oxygens (including phenoxy) is 2. The molecule has 0 saturated carbocycles. The molecule has 2 aromatic rings. The summed E-state index contributed by atoms with van der Waals surface area (Å²) in [6, 6.07) is 9.97. The summed E-state index contributed by atoms with van der Waals surface area (Å²) in [6.45, 7) is 7.68. The first-order valence-corrected chi connectivity index (χ1v) is 10.0. The minimum Gasteiger partial charge on any atom is -0.497 e. The molecule has 2 saturated heterocycles.